The Labute approximate surface area is 118 Å². The van der Waals surface area contributed by atoms with Crippen molar-refractivity contribution >= 4 is 17.3 Å². The quantitative estimate of drug-likeness (QED) is 0.658. The molecule has 1 unspecified atom stereocenters. The maximum atomic E-state index is 11.4. The molecule has 0 bridgehead atoms. The maximum Gasteiger partial charge on any atom is 0.353 e. The first kappa shape index (κ1) is 14.5. The summed E-state index contributed by atoms with van der Waals surface area (Å²) in [6, 6.07) is 0.304. The standard InChI is InChI=1S/C13H21N5O2/c1-4-14-12-11(18(19)20)13(16-8-15-12)17-7-5-6-10(17)9(2)3/h8-10H,4-7H2,1-3H3,(H,14,15,16). The molecule has 1 atom stereocenters. The van der Waals surface area contributed by atoms with Crippen LogP contribution in [0.1, 0.15) is 33.6 Å². The highest BCUT2D eigenvalue weighted by Gasteiger charge is 2.34. The molecule has 7 heteroatoms. The highest BCUT2D eigenvalue weighted by atomic mass is 16.6. The highest BCUT2D eigenvalue weighted by Crippen LogP contribution is 2.37. The third-order valence-corrected chi connectivity index (χ3v) is 3.67. The van der Waals surface area contributed by atoms with Crippen molar-refractivity contribution < 1.29 is 4.92 Å². The SMILES string of the molecule is CCNc1ncnc(N2CCCC2C(C)C)c1[N+](=O)[O-]. The van der Waals surface area contributed by atoms with Crippen LogP contribution in [-0.4, -0.2) is 34.0 Å². The topological polar surface area (TPSA) is 84.2 Å². The summed E-state index contributed by atoms with van der Waals surface area (Å²) >= 11 is 0. The Morgan fingerprint density at radius 1 is 1.55 bits per heavy atom. The Balaban J connectivity index is 2.45. The zero-order valence-electron chi connectivity index (χ0n) is 12.2. The second kappa shape index (κ2) is 6.02. The van der Waals surface area contributed by atoms with E-state index >= 15 is 0 Å². The number of nitrogens with zero attached hydrogens (tertiary/aromatic N) is 4. The van der Waals surface area contributed by atoms with E-state index in [0.29, 0.717) is 30.1 Å². The molecule has 1 N–H and O–H groups in total. The molecule has 1 aromatic heterocycles. The number of rotatable bonds is 5. The lowest BCUT2D eigenvalue weighted by atomic mass is 10.0. The zero-order valence-corrected chi connectivity index (χ0v) is 12.2. The molecule has 1 aliphatic heterocycles. The summed E-state index contributed by atoms with van der Waals surface area (Å²) in [4.78, 5) is 21.3. The van der Waals surface area contributed by atoms with E-state index in [-0.39, 0.29) is 10.6 Å². The summed E-state index contributed by atoms with van der Waals surface area (Å²) in [6.07, 6.45) is 3.49. The molecule has 0 spiro atoms. The minimum absolute atomic E-state index is 0.0121. The average Bonchev–Trinajstić information content (AvgIpc) is 2.87. The Morgan fingerprint density at radius 2 is 2.30 bits per heavy atom. The Bertz CT molecular complexity index is 492. The second-order valence-corrected chi connectivity index (χ2v) is 5.33. The van der Waals surface area contributed by atoms with Crippen LogP contribution in [-0.2, 0) is 0 Å². The monoisotopic (exact) mass is 279 g/mol. The number of aromatic nitrogens is 2. The van der Waals surface area contributed by atoms with Gasteiger partial charge in [-0.1, -0.05) is 13.8 Å². The van der Waals surface area contributed by atoms with E-state index in [0.717, 1.165) is 19.4 Å². The van der Waals surface area contributed by atoms with Gasteiger partial charge in [-0.05, 0) is 25.7 Å². The lowest BCUT2D eigenvalue weighted by Crippen LogP contribution is -2.34. The molecule has 0 aliphatic carbocycles. The molecule has 1 saturated heterocycles. The molecule has 2 heterocycles. The molecule has 1 aliphatic rings. The third kappa shape index (κ3) is 2.66. The summed E-state index contributed by atoms with van der Waals surface area (Å²) in [7, 11) is 0. The van der Waals surface area contributed by atoms with Crippen molar-refractivity contribution in [1.82, 2.24) is 9.97 Å². The van der Waals surface area contributed by atoms with Crippen molar-refractivity contribution in [3.63, 3.8) is 0 Å². The Morgan fingerprint density at radius 3 is 2.90 bits per heavy atom. The second-order valence-electron chi connectivity index (χ2n) is 5.33. The number of hydrogen-bond acceptors (Lipinski definition) is 6. The van der Waals surface area contributed by atoms with Gasteiger partial charge in [0.1, 0.15) is 6.33 Å². The van der Waals surface area contributed by atoms with Gasteiger partial charge in [-0.2, -0.15) is 0 Å². The molecule has 2 rings (SSSR count). The summed E-state index contributed by atoms with van der Waals surface area (Å²) in [5, 5.41) is 14.4. The van der Waals surface area contributed by atoms with Crippen LogP contribution in [0.25, 0.3) is 0 Å². The van der Waals surface area contributed by atoms with Gasteiger partial charge in [-0.25, -0.2) is 9.97 Å². The van der Waals surface area contributed by atoms with Crippen molar-refractivity contribution in [2.24, 2.45) is 5.92 Å². The van der Waals surface area contributed by atoms with Crippen LogP contribution in [0, 0.1) is 16.0 Å². The predicted molar refractivity (Wildman–Crippen MR) is 78.1 cm³/mol. The van der Waals surface area contributed by atoms with Crippen LogP contribution in [0.2, 0.25) is 0 Å². The zero-order chi connectivity index (χ0) is 14.7. The lowest BCUT2D eigenvalue weighted by Gasteiger charge is -2.28. The largest absolute Gasteiger partial charge is 0.364 e. The molecule has 7 nitrogen and oxygen atoms in total. The fourth-order valence-electron chi connectivity index (χ4n) is 2.79. The third-order valence-electron chi connectivity index (χ3n) is 3.67. The number of nitrogens with one attached hydrogen (secondary N) is 1. The summed E-state index contributed by atoms with van der Waals surface area (Å²) < 4.78 is 0. The molecule has 0 radical (unpaired) electrons. The van der Waals surface area contributed by atoms with Crippen LogP contribution < -0.4 is 10.2 Å². The summed E-state index contributed by atoms with van der Waals surface area (Å²) in [5.41, 5.74) is -0.0121. The van der Waals surface area contributed by atoms with Crippen molar-refractivity contribution in [2.75, 3.05) is 23.3 Å². The van der Waals surface area contributed by atoms with Gasteiger partial charge in [0.2, 0.25) is 11.6 Å². The molecule has 1 fully saturated rings. The lowest BCUT2D eigenvalue weighted by molar-refractivity contribution is -0.383. The van der Waals surface area contributed by atoms with Crippen molar-refractivity contribution in [2.45, 2.75) is 39.7 Å². The van der Waals surface area contributed by atoms with Crippen LogP contribution in [0.15, 0.2) is 6.33 Å². The van der Waals surface area contributed by atoms with Crippen molar-refractivity contribution in [1.29, 1.82) is 0 Å². The normalized spacial score (nSPS) is 18.6. The maximum absolute atomic E-state index is 11.4. The van der Waals surface area contributed by atoms with E-state index in [2.05, 4.69) is 34.0 Å². The molecule has 110 valence electrons. The summed E-state index contributed by atoms with van der Waals surface area (Å²) in [5.74, 6) is 1.18. The van der Waals surface area contributed by atoms with E-state index in [1.807, 2.05) is 6.92 Å². The molecule has 20 heavy (non-hydrogen) atoms. The van der Waals surface area contributed by atoms with Gasteiger partial charge < -0.3 is 10.2 Å². The number of anilines is 2. The molecule has 0 aromatic carbocycles. The van der Waals surface area contributed by atoms with Crippen LogP contribution in [0.5, 0.6) is 0 Å². The Hall–Kier alpha value is -1.92. The van der Waals surface area contributed by atoms with Gasteiger partial charge in [-0.3, -0.25) is 10.1 Å². The van der Waals surface area contributed by atoms with Gasteiger partial charge in [0.25, 0.3) is 0 Å². The first-order valence-corrected chi connectivity index (χ1v) is 7.06. The average molecular weight is 279 g/mol. The van der Waals surface area contributed by atoms with E-state index < -0.39 is 0 Å². The predicted octanol–water partition coefficient (Wildman–Crippen LogP) is 2.44. The van der Waals surface area contributed by atoms with Gasteiger partial charge in [0, 0.05) is 19.1 Å². The van der Waals surface area contributed by atoms with Crippen molar-refractivity contribution in [3.05, 3.63) is 16.4 Å². The Kier molecular flexibility index (Phi) is 4.36. The molecular weight excluding hydrogens is 258 g/mol. The van der Waals surface area contributed by atoms with E-state index in [4.69, 9.17) is 0 Å². The minimum atomic E-state index is -0.386. The van der Waals surface area contributed by atoms with Crippen LogP contribution in [0.3, 0.4) is 0 Å². The molecule has 0 saturated carbocycles. The van der Waals surface area contributed by atoms with E-state index in [1.54, 1.807) is 0 Å². The van der Waals surface area contributed by atoms with Crippen LogP contribution in [0.4, 0.5) is 17.3 Å². The van der Waals surface area contributed by atoms with Gasteiger partial charge in [-0.15, -0.1) is 0 Å². The van der Waals surface area contributed by atoms with Crippen LogP contribution >= 0.6 is 0 Å². The van der Waals surface area contributed by atoms with Gasteiger partial charge in [0.15, 0.2) is 0 Å². The van der Waals surface area contributed by atoms with Gasteiger partial charge in [0.05, 0.1) is 4.92 Å². The molecule has 1 aromatic rings. The van der Waals surface area contributed by atoms with Crippen molar-refractivity contribution in [3.8, 4) is 0 Å². The molecule has 0 amide bonds. The smallest absolute Gasteiger partial charge is 0.353 e. The first-order chi connectivity index (χ1) is 9.56. The van der Waals surface area contributed by atoms with Gasteiger partial charge >= 0.3 is 5.69 Å². The number of hydrogen-bond donors (Lipinski definition) is 1. The first-order valence-electron chi connectivity index (χ1n) is 7.06. The fraction of sp³-hybridized carbons (Fsp3) is 0.692. The van der Waals surface area contributed by atoms with E-state index in [1.165, 1.54) is 6.33 Å². The number of nitro groups is 1. The summed E-state index contributed by atoms with van der Waals surface area (Å²) in [6.45, 7) is 7.57. The highest BCUT2D eigenvalue weighted by molar-refractivity contribution is 5.70. The minimum Gasteiger partial charge on any atom is -0.364 e. The van der Waals surface area contributed by atoms with E-state index in [9.17, 15) is 10.1 Å². The molecular formula is C13H21N5O2. The fourth-order valence-corrected chi connectivity index (χ4v) is 2.79.